The molecule has 0 saturated heterocycles. The quantitative estimate of drug-likeness (QED) is 0.785. The summed E-state index contributed by atoms with van der Waals surface area (Å²) in [5.74, 6) is 0.336. The number of amides is 1. The van der Waals surface area contributed by atoms with E-state index in [0.29, 0.717) is 11.7 Å². The monoisotopic (exact) mass is 353 g/mol. The minimum Gasteiger partial charge on any atom is -0.508 e. The number of para-hydroxylation sites is 1. The van der Waals surface area contributed by atoms with Crippen LogP contribution in [0.15, 0.2) is 30.3 Å². The van der Waals surface area contributed by atoms with Crippen molar-refractivity contribution in [2.45, 2.75) is 59.7 Å². The Morgan fingerprint density at radius 2 is 1.68 bits per heavy atom. The predicted octanol–water partition coefficient (Wildman–Crippen LogP) is 3.88. The number of carbonyl (C=O) groups is 2. The van der Waals surface area contributed by atoms with E-state index in [1.165, 1.54) is 0 Å². The summed E-state index contributed by atoms with van der Waals surface area (Å²) in [6.45, 7) is 11.1. The molecule has 0 saturated carbocycles. The van der Waals surface area contributed by atoms with Gasteiger partial charge in [-0.2, -0.15) is 0 Å². The van der Waals surface area contributed by atoms with Crippen LogP contribution in [0.3, 0.4) is 0 Å². The van der Waals surface area contributed by atoms with Crippen LogP contribution in [-0.2, 0) is 14.3 Å². The molecule has 1 amide bonds. The summed E-state index contributed by atoms with van der Waals surface area (Å²) in [5, 5.41) is 11.0. The third-order valence-corrected chi connectivity index (χ3v) is 2.67. The number of hydrogen-bond donors (Lipinski definition) is 2. The molecule has 1 unspecified atom stereocenters. The Hall–Kier alpha value is -2.24. The molecule has 1 aromatic rings. The number of carbonyl (C=O) groups excluding carboxylic acids is 2. The van der Waals surface area contributed by atoms with E-state index in [2.05, 4.69) is 19.2 Å². The maximum absolute atomic E-state index is 11.4. The number of alkyl carbamates (subject to hydrolysis) is 1. The molecule has 0 aliphatic rings. The Bertz CT molecular complexity index is 508. The molecule has 6 heteroatoms. The van der Waals surface area contributed by atoms with Gasteiger partial charge in [0.05, 0.1) is 6.10 Å². The lowest BCUT2D eigenvalue weighted by atomic mass is 10.1. The fraction of sp³-hybridized carbons (Fsp3) is 0.579. The van der Waals surface area contributed by atoms with Crippen LogP contribution in [0.2, 0.25) is 0 Å². The lowest BCUT2D eigenvalue weighted by Gasteiger charge is -2.20. The standard InChI is InChI=1S/C13H25NO4.C6H6O/c1-9(2)7-10(3)17-11(15)8-14-12(16)18-13(4,5)6;7-6-4-2-1-3-5-6/h9-10H,7-8H2,1-6H3,(H,14,16);1-5,7H. The highest BCUT2D eigenvalue weighted by molar-refractivity contribution is 5.78. The molecule has 0 heterocycles. The molecule has 1 rings (SSSR count). The highest BCUT2D eigenvalue weighted by Crippen LogP contribution is 2.08. The van der Waals surface area contributed by atoms with Crippen molar-refractivity contribution in [3.8, 4) is 5.75 Å². The van der Waals surface area contributed by atoms with Crippen LogP contribution < -0.4 is 5.32 Å². The first-order chi connectivity index (χ1) is 11.5. The molecule has 1 aromatic carbocycles. The third-order valence-electron chi connectivity index (χ3n) is 2.67. The van der Waals surface area contributed by atoms with E-state index in [4.69, 9.17) is 14.6 Å². The highest BCUT2D eigenvalue weighted by atomic mass is 16.6. The van der Waals surface area contributed by atoms with Gasteiger partial charge >= 0.3 is 12.1 Å². The maximum Gasteiger partial charge on any atom is 0.408 e. The Labute approximate surface area is 150 Å². The summed E-state index contributed by atoms with van der Waals surface area (Å²) >= 11 is 0. The second kappa shape index (κ2) is 11.3. The number of rotatable bonds is 5. The van der Waals surface area contributed by atoms with Gasteiger partial charge in [0.1, 0.15) is 17.9 Å². The second-order valence-electron chi connectivity index (χ2n) is 7.12. The summed E-state index contributed by atoms with van der Waals surface area (Å²) in [5.41, 5.74) is -0.571. The van der Waals surface area contributed by atoms with E-state index in [9.17, 15) is 9.59 Å². The molecule has 0 aromatic heterocycles. The van der Waals surface area contributed by atoms with E-state index in [-0.39, 0.29) is 12.6 Å². The van der Waals surface area contributed by atoms with Gasteiger partial charge in [-0.1, -0.05) is 32.0 Å². The average molecular weight is 353 g/mol. The van der Waals surface area contributed by atoms with Gasteiger partial charge in [0, 0.05) is 0 Å². The molecule has 1 atom stereocenters. The molecule has 142 valence electrons. The zero-order valence-corrected chi connectivity index (χ0v) is 16.0. The summed E-state index contributed by atoms with van der Waals surface area (Å²) in [7, 11) is 0. The van der Waals surface area contributed by atoms with Crippen molar-refractivity contribution >= 4 is 12.1 Å². The number of phenols is 1. The first-order valence-corrected chi connectivity index (χ1v) is 8.40. The molecular formula is C19H31NO5. The van der Waals surface area contributed by atoms with E-state index in [0.717, 1.165) is 6.42 Å². The average Bonchev–Trinajstić information content (AvgIpc) is 2.44. The van der Waals surface area contributed by atoms with Gasteiger partial charge < -0.3 is 19.9 Å². The largest absolute Gasteiger partial charge is 0.508 e. The molecule has 25 heavy (non-hydrogen) atoms. The Kier molecular flexibility index (Phi) is 10.3. The van der Waals surface area contributed by atoms with Gasteiger partial charge in [-0.05, 0) is 52.2 Å². The summed E-state index contributed by atoms with van der Waals surface area (Å²) in [6, 6.07) is 8.71. The zero-order valence-electron chi connectivity index (χ0n) is 16.0. The molecule has 0 bridgehead atoms. The number of nitrogens with one attached hydrogen (secondary N) is 1. The predicted molar refractivity (Wildman–Crippen MR) is 97.4 cm³/mol. The van der Waals surface area contributed by atoms with Gasteiger partial charge in [-0.15, -0.1) is 0 Å². The Morgan fingerprint density at radius 1 is 1.12 bits per heavy atom. The van der Waals surface area contributed by atoms with Crippen molar-refractivity contribution in [2.75, 3.05) is 6.54 Å². The summed E-state index contributed by atoms with van der Waals surface area (Å²) in [4.78, 5) is 22.7. The van der Waals surface area contributed by atoms with Gasteiger partial charge in [-0.25, -0.2) is 4.79 Å². The number of hydrogen-bond acceptors (Lipinski definition) is 5. The van der Waals surface area contributed by atoms with Crippen LogP contribution >= 0.6 is 0 Å². The normalized spacial score (nSPS) is 11.8. The van der Waals surface area contributed by atoms with E-state index < -0.39 is 17.7 Å². The smallest absolute Gasteiger partial charge is 0.408 e. The topological polar surface area (TPSA) is 84.9 Å². The Balaban J connectivity index is 0.000000676. The van der Waals surface area contributed by atoms with E-state index in [1.807, 2.05) is 13.0 Å². The number of benzene rings is 1. The third kappa shape index (κ3) is 15.1. The minimum atomic E-state index is -0.615. The number of aromatic hydroxyl groups is 1. The van der Waals surface area contributed by atoms with Crippen LogP contribution in [0.5, 0.6) is 5.75 Å². The van der Waals surface area contributed by atoms with Gasteiger partial charge in [0.25, 0.3) is 0 Å². The first kappa shape index (κ1) is 22.8. The van der Waals surface area contributed by atoms with Gasteiger partial charge in [-0.3, -0.25) is 4.79 Å². The second-order valence-corrected chi connectivity index (χ2v) is 7.12. The number of ether oxygens (including phenoxy) is 2. The summed E-state index contributed by atoms with van der Waals surface area (Å²) in [6.07, 6.45) is 0.0481. The van der Waals surface area contributed by atoms with E-state index >= 15 is 0 Å². The van der Waals surface area contributed by atoms with Crippen molar-refractivity contribution < 1.29 is 24.2 Å². The van der Waals surface area contributed by atoms with Crippen LogP contribution in [0.1, 0.15) is 48.0 Å². The zero-order chi connectivity index (χ0) is 19.5. The van der Waals surface area contributed by atoms with E-state index in [1.54, 1.807) is 45.0 Å². The van der Waals surface area contributed by atoms with Crippen molar-refractivity contribution in [1.29, 1.82) is 0 Å². The SMILES string of the molecule is CC(C)CC(C)OC(=O)CNC(=O)OC(C)(C)C.Oc1ccccc1. The minimum absolute atomic E-state index is 0.141. The van der Waals surface area contributed by atoms with Gasteiger partial charge in [0.15, 0.2) is 0 Å². The Morgan fingerprint density at radius 3 is 2.08 bits per heavy atom. The molecule has 2 N–H and O–H groups in total. The fourth-order valence-electron chi connectivity index (χ4n) is 1.86. The van der Waals surface area contributed by atoms with Crippen LogP contribution in [0.25, 0.3) is 0 Å². The number of phenolic OH excluding ortho intramolecular Hbond substituents is 1. The number of esters is 1. The fourth-order valence-corrected chi connectivity index (χ4v) is 1.86. The molecule has 0 spiro atoms. The van der Waals surface area contributed by atoms with Crippen LogP contribution in [-0.4, -0.2) is 35.4 Å². The van der Waals surface area contributed by atoms with Crippen molar-refractivity contribution in [2.24, 2.45) is 5.92 Å². The molecule has 6 nitrogen and oxygen atoms in total. The molecule has 0 aliphatic heterocycles. The van der Waals surface area contributed by atoms with Crippen molar-refractivity contribution in [3.05, 3.63) is 30.3 Å². The maximum atomic E-state index is 11.4. The van der Waals surface area contributed by atoms with Crippen molar-refractivity contribution in [3.63, 3.8) is 0 Å². The first-order valence-electron chi connectivity index (χ1n) is 8.40. The molecular weight excluding hydrogens is 322 g/mol. The van der Waals surface area contributed by atoms with Crippen molar-refractivity contribution in [1.82, 2.24) is 5.32 Å². The highest BCUT2D eigenvalue weighted by Gasteiger charge is 2.17. The molecule has 0 aliphatic carbocycles. The lowest BCUT2D eigenvalue weighted by molar-refractivity contribution is -0.147. The molecule has 0 fully saturated rings. The van der Waals surface area contributed by atoms with Gasteiger partial charge in [0.2, 0.25) is 0 Å². The summed E-state index contributed by atoms with van der Waals surface area (Å²) < 4.78 is 10.1. The molecule has 0 radical (unpaired) electrons. The lowest BCUT2D eigenvalue weighted by Crippen LogP contribution is -2.36. The van der Waals surface area contributed by atoms with Crippen LogP contribution in [0, 0.1) is 5.92 Å². The van der Waals surface area contributed by atoms with Crippen LogP contribution in [0.4, 0.5) is 4.79 Å².